The fourth-order valence-electron chi connectivity index (χ4n) is 2.79. The van der Waals surface area contributed by atoms with Crippen molar-refractivity contribution in [1.82, 2.24) is 4.90 Å². The van der Waals surface area contributed by atoms with Crippen LogP contribution in [0.25, 0.3) is 0 Å². The Morgan fingerprint density at radius 2 is 2.06 bits per heavy atom. The quantitative estimate of drug-likeness (QED) is 0.870. The van der Waals surface area contributed by atoms with E-state index in [9.17, 15) is 5.11 Å². The molecule has 1 aliphatic rings. The van der Waals surface area contributed by atoms with Crippen molar-refractivity contribution in [2.45, 2.75) is 45.2 Å². The second kappa shape index (κ2) is 6.10. The molecule has 0 saturated heterocycles. The van der Waals surface area contributed by atoms with Crippen molar-refractivity contribution in [2.75, 3.05) is 13.7 Å². The molecule has 3 heteroatoms. The topological polar surface area (TPSA) is 32.7 Å². The van der Waals surface area contributed by atoms with Crippen molar-refractivity contribution in [1.29, 1.82) is 0 Å². The summed E-state index contributed by atoms with van der Waals surface area (Å²) in [6.45, 7) is 4.06. The molecule has 1 aliphatic carbocycles. The highest BCUT2D eigenvalue weighted by Gasteiger charge is 2.22. The van der Waals surface area contributed by atoms with Gasteiger partial charge in [-0.05, 0) is 25.5 Å². The summed E-state index contributed by atoms with van der Waals surface area (Å²) in [5, 5.41) is 10.0. The highest BCUT2D eigenvalue weighted by molar-refractivity contribution is 5.39. The van der Waals surface area contributed by atoms with E-state index in [2.05, 4.69) is 11.8 Å². The molecule has 1 aromatic rings. The Kier molecular flexibility index (Phi) is 4.48. The fourth-order valence-corrected chi connectivity index (χ4v) is 2.79. The van der Waals surface area contributed by atoms with Gasteiger partial charge in [-0.3, -0.25) is 4.90 Å². The van der Waals surface area contributed by atoms with Crippen LogP contribution in [0.5, 0.6) is 11.5 Å². The van der Waals surface area contributed by atoms with E-state index in [1.807, 2.05) is 12.1 Å². The minimum absolute atomic E-state index is 0.339. The maximum Gasteiger partial charge on any atom is 0.123 e. The number of ether oxygens (including phenoxy) is 1. The SMILES string of the molecule is CCN(Cc1ccc(OC)cc1O)C1CCCC1. The Balaban J connectivity index is 2.06. The molecule has 0 amide bonds. The lowest BCUT2D eigenvalue weighted by Gasteiger charge is -2.27. The van der Waals surface area contributed by atoms with Crippen LogP contribution in [-0.2, 0) is 6.54 Å². The minimum atomic E-state index is 0.339. The Morgan fingerprint density at radius 1 is 1.33 bits per heavy atom. The average Bonchev–Trinajstić information content (AvgIpc) is 2.91. The molecule has 2 rings (SSSR count). The minimum Gasteiger partial charge on any atom is -0.507 e. The van der Waals surface area contributed by atoms with E-state index >= 15 is 0 Å². The number of methoxy groups -OCH3 is 1. The first-order chi connectivity index (χ1) is 8.74. The first-order valence-corrected chi connectivity index (χ1v) is 6.84. The predicted molar refractivity (Wildman–Crippen MR) is 73.0 cm³/mol. The molecule has 0 atom stereocenters. The molecule has 0 aromatic heterocycles. The van der Waals surface area contributed by atoms with E-state index < -0.39 is 0 Å². The van der Waals surface area contributed by atoms with Gasteiger partial charge in [-0.25, -0.2) is 0 Å². The van der Waals surface area contributed by atoms with Gasteiger partial charge in [0.05, 0.1) is 7.11 Å². The number of phenolic OH excluding ortho intramolecular Hbond substituents is 1. The third kappa shape index (κ3) is 2.96. The Hall–Kier alpha value is -1.22. The van der Waals surface area contributed by atoms with Crippen molar-refractivity contribution in [2.24, 2.45) is 0 Å². The summed E-state index contributed by atoms with van der Waals surface area (Å²) in [5.74, 6) is 1.05. The van der Waals surface area contributed by atoms with Crippen LogP contribution < -0.4 is 4.74 Å². The summed E-state index contributed by atoms with van der Waals surface area (Å²) in [6.07, 6.45) is 5.28. The van der Waals surface area contributed by atoms with Gasteiger partial charge in [-0.2, -0.15) is 0 Å². The largest absolute Gasteiger partial charge is 0.507 e. The zero-order chi connectivity index (χ0) is 13.0. The lowest BCUT2D eigenvalue weighted by molar-refractivity contribution is 0.198. The smallest absolute Gasteiger partial charge is 0.123 e. The van der Waals surface area contributed by atoms with Gasteiger partial charge in [0.2, 0.25) is 0 Å². The number of hydrogen-bond donors (Lipinski definition) is 1. The van der Waals surface area contributed by atoms with Crippen molar-refractivity contribution in [3.05, 3.63) is 23.8 Å². The fraction of sp³-hybridized carbons (Fsp3) is 0.600. The van der Waals surface area contributed by atoms with E-state index in [-0.39, 0.29) is 0 Å². The maximum absolute atomic E-state index is 10.0. The van der Waals surface area contributed by atoms with Crippen molar-refractivity contribution in [3.8, 4) is 11.5 Å². The van der Waals surface area contributed by atoms with Crippen LogP contribution in [0.3, 0.4) is 0 Å². The molecule has 1 fully saturated rings. The summed E-state index contributed by atoms with van der Waals surface area (Å²) in [6, 6.07) is 6.26. The molecular formula is C15H23NO2. The second-order valence-electron chi connectivity index (χ2n) is 5.00. The molecule has 100 valence electrons. The molecule has 0 radical (unpaired) electrons. The lowest BCUT2D eigenvalue weighted by atomic mass is 10.1. The van der Waals surface area contributed by atoms with Gasteiger partial charge in [-0.15, -0.1) is 0 Å². The molecule has 1 saturated carbocycles. The zero-order valence-electron chi connectivity index (χ0n) is 11.4. The van der Waals surface area contributed by atoms with Gasteiger partial charge in [0.25, 0.3) is 0 Å². The van der Waals surface area contributed by atoms with Crippen LogP contribution in [0, 0.1) is 0 Å². The third-order valence-electron chi connectivity index (χ3n) is 3.91. The molecule has 0 heterocycles. The predicted octanol–water partition coefficient (Wildman–Crippen LogP) is 3.17. The number of hydrogen-bond acceptors (Lipinski definition) is 3. The van der Waals surface area contributed by atoms with Crippen LogP contribution in [0.1, 0.15) is 38.2 Å². The third-order valence-corrected chi connectivity index (χ3v) is 3.91. The first-order valence-electron chi connectivity index (χ1n) is 6.84. The van der Waals surface area contributed by atoms with Gasteiger partial charge < -0.3 is 9.84 Å². The van der Waals surface area contributed by atoms with Gasteiger partial charge in [0.1, 0.15) is 11.5 Å². The standard InChI is InChI=1S/C15H23NO2/c1-3-16(13-6-4-5-7-13)11-12-8-9-14(18-2)10-15(12)17/h8-10,13,17H,3-7,11H2,1-2H3. The number of aromatic hydroxyl groups is 1. The molecule has 1 aromatic carbocycles. The zero-order valence-corrected chi connectivity index (χ0v) is 11.4. The van der Waals surface area contributed by atoms with Crippen molar-refractivity contribution < 1.29 is 9.84 Å². The number of phenols is 1. The Bertz CT molecular complexity index is 386. The second-order valence-corrected chi connectivity index (χ2v) is 5.00. The van der Waals surface area contributed by atoms with Crippen LogP contribution in [0.4, 0.5) is 0 Å². The number of rotatable bonds is 5. The van der Waals surface area contributed by atoms with Crippen LogP contribution >= 0.6 is 0 Å². The average molecular weight is 249 g/mol. The summed E-state index contributed by atoms with van der Waals surface area (Å²) in [5.41, 5.74) is 0.990. The van der Waals surface area contributed by atoms with Crippen LogP contribution in [-0.4, -0.2) is 29.7 Å². The van der Waals surface area contributed by atoms with Gasteiger partial charge in [-0.1, -0.05) is 25.8 Å². The Labute approximate surface area is 109 Å². The van der Waals surface area contributed by atoms with E-state index in [0.29, 0.717) is 17.5 Å². The highest BCUT2D eigenvalue weighted by Crippen LogP contribution is 2.28. The highest BCUT2D eigenvalue weighted by atomic mass is 16.5. The molecule has 0 spiro atoms. The van der Waals surface area contributed by atoms with E-state index in [0.717, 1.165) is 18.7 Å². The summed E-state index contributed by atoms with van der Waals surface area (Å²) >= 11 is 0. The summed E-state index contributed by atoms with van der Waals surface area (Å²) in [7, 11) is 1.62. The number of benzene rings is 1. The molecule has 0 unspecified atom stereocenters. The lowest BCUT2D eigenvalue weighted by Crippen LogP contribution is -2.32. The van der Waals surface area contributed by atoms with E-state index in [4.69, 9.17) is 4.74 Å². The number of nitrogens with zero attached hydrogens (tertiary/aromatic N) is 1. The maximum atomic E-state index is 10.0. The van der Waals surface area contributed by atoms with Crippen LogP contribution in [0.15, 0.2) is 18.2 Å². The monoisotopic (exact) mass is 249 g/mol. The van der Waals surface area contributed by atoms with Gasteiger partial charge in [0.15, 0.2) is 0 Å². The molecule has 1 N–H and O–H groups in total. The van der Waals surface area contributed by atoms with E-state index in [1.165, 1.54) is 25.7 Å². The van der Waals surface area contributed by atoms with E-state index in [1.54, 1.807) is 13.2 Å². The van der Waals surface area contributed by atoms with Crippen LogP contribution in [0.2, 0.25) is 0 Å². The Morgan fingerprint density at radius 3 is 2.61 bits per heavy atom. The normalized spacial score (nSPS) is 16.4. The molecular weight excluding hydrogens is 226 g/mol. The summed E-state index contributed by atoms with van der Waals surface area (Å²) in [4.78, 5) is 2.47. The first kappa shape index (κ1) is 13.2. The van der Waals surface area contributed by atoms with Crippen molar-refractivity contribution in [3.63, 3.8) is 0 Å². The summed E-state index contributed by atoms with van der Waals surface area (Å²) < 4.78 is 5.11. The molecule has 0 aliphatic heterocycles. The van der Waals surface area contributed by atoms with Crippen molar-refractivity contribution >= 4 is 0 Å². The molecule has 18 heavy (non-hydrogen) atoms. The molecule has 0 bridgehead atoms. The van der Waals surface area contributed by atoms with Gasteiger partial charge in [0, 0.05) is 24.2 Å². The molecule has 3 nitrogen and oxygen atoms in total. The van der Waals surface area contributed by atoms with Gasteiger partial charge >= 0.3 is 0 Å².